The van der Waals surface area contributed by atoms with E-state index in [1.165, 1.54) is 0 Å². The Labute approximate surface area is 73.5 Å². The van der Waals surface area contributed by atoms with Crippen molar-refractivity contribution in [1.29, 1.82) is 0 Å². The summed E-state index contributed by atoms with van der Waals surface area (Å²) in [6, 6.07) is 0. The van der Waals surface area contributed by atoms with Gasteiger partial charge in [-0.15, -0.1) is 0 Å². The smallest absolute Gasteiger partial charge is 0.221 e. The molecule has 0 aliphatic heterocycles. The highest BCUT2D eigenvalue weighted by molar-refractivity contribution is 5.76. The van der Waals surface area contributed by atoms with Gasteiger partial charge in [0.15, 0.2) is 0 Å². The maximum atomic E-state index is 10.6. The number of amides is 1. The Morgan fingerprint density at radius 2 is 2.08 bits per heavy atom. The van der Waals surface area contributed by atoms with E-state index in [4.69, 9.17) is 10.5 Å². The van der Waals surface area contributed by atoms with Gasteiger partial charge in [-0.2, -0.15) is 0 Å². The van der Waals surface area contributed by atoms with Gasteiger partial charge in [0, 0.05) is 26.1 Å². The Morgan fingerprint density at radius 1 is 1.50 bits per heavy atom. The molecule has 2 atom stereocenters. The van der Waals surface area contributed by atoms with Crippen molar-refractivity contribution in [3.63, 3.8) is 0 Å². The standard InChI is InChI=1S/C8H18N2O2/c1-6(8(9)11)4-10-5-7(2)12-3/h6-7,10H,4-5H2,1-3H3,(H2,9,11). The molecular weight excluding hydrogens is 156 g/mol. The molecule has 4 heteroatoms. The molecule has 0 heterocycles. The van der Waals surface area contributed by atoms with Crippen molar-refractivity contribution < 1.29 is 9.53 Å². The molecule has 2 unspecified atom stereocenters. The van der Waals surface area contributed by atoms with E-state index < -0.39 is 0 Å². The monoisotopic (exact) mass is 174 g/mol. The van der Waals surface area contributed by atoms with Crippen molar-refractivity contribution in [2.45, 2.75) is 20.0 Å². The van der Waals surface area contributed by atoms with Crippen molar-refractivity contribution >= 4 is 5.91 Å². The summed E-state index contributed by atoms with van der Waals surface area (Å²) in [6.07, 6.45) is 0.171. The van der Waals surface area contributed by atoms with Gasteiger partial charge in [0.05, 0.1) is 6.10 Å². The van der Waals surface area contributed by atoms with Gasteiger partial charge in [-0.25, -0.2) is 0 Å². The van der Waals surface area contributed by atoms with Crippen LogP contribution in [0.3, 0.4) is 0 Å². The van der Waals surface area contributed by atoms with E-state index in [2.05, 4.69) is 5.32 Å². The minimum atomic E-state index is -0.271. The van der Waals surface area contributed by atoms with Crippen LogP contribution < -0.4 is 11.1 Å². The molecule has 0 aliphatic rings. The zero-order valence-electron chi connectivity index (χ0n) is 7.96. The highest BCUT2D eigenvalue weighted by Crippen LogP contribution is 1.90. The van der Waals surface area contributed by atoms with Crippen molar-refractivity contribution in [2.75, 3.05) is 20.2 Å². The van der Waals surface area contributed by atoms with E-state index in [-0.39, 0.29) is 17.9 Å². The Morgan fingerprint density at radius 3 is 2.50 bits per heavy atom. The average Bonchev–Trinajstić information content (AvgIpc) is 2.03. The van der Waals surface area contributed by atoms with Crippen LogP contribution in [0.5, 0.6) is 0 Å². The average molecular weight is 174 g/mol. The van der Waals surface area contributed by atoms with Crippen LogP contribution in [0.1, 0.15) is 13.8 Å². The van der Waals surface area contributed by atoms with Crippen LogP contribution in [0, 0.1) is 5.92 Å². The summed E-state index contributed by atoms with van der Waals surface area (Å²) in [7, 11) is 1.66. The fourth-order valence-electron chi connectivity index (χ4n) is 0.687. The van der Waals surface area contributed by atoms with Gasteiger partial charge in [0.1, 0.15) is 0 Å². The number of methoxy groups -OCH3 is 1. The molecule has 0 aromatic carbocycles. The molecule has 72 valence electrons. The van der Waals surface area contributed by atoms with E-state index in [1.54, 1.807) is 14.0 Å². The third-order valence-electron chi connectivity index (χ3n) is 1.77. The molecule has 0 aliphatic carbocycles. The third kappa shape index (κ3) is 5.09. The van der Waals surface area contributed by atoms with Crippen molar-refractivity contribution in [2.24, 2.45) is 11.7 Å². The number of ether oxygens (including phenoxy) is 1. The summed E-state index contributed by atoms with van der Waals surface area (Å²) < 4.78 is 5.01. The lowest BCUT2D eigenvalue weighted by Gasteiger charge is -2.12. The van der Waals surface area contributed by atoms with E-state index in [9.17, 15) is 4.79 Å². The van der Waals surface area contributed by atoms with Crippen LogP contribution >= 0.6 is 0 Å². The lowest BCUT2D eigenvalue weighted by atomic mass is 10.2. The summed E-state index contributed by atoms with van der Waals surface area (Å²) in [5.74, 6) is -0.387. The van der Waals surface area contributed by atoms with E-state index >= 15 is 0 Å². The van der Waals surface area contributed by atoms with Gasteiger partial charge >= 0.3 is 0 Å². The van der Waals surface area contributed by atoms with Crippen LogP contribution in [0.2, 0.25) is 0 Å². The number of hydrogen-bond donors (Lipinski definition) is 2. The second kappa shape index (κ2) is 5.97. The fourth-order valence-corrected chi connectivity index (χ4v) is 0.687. The van der Waals surface area contributed by atoms with Gasteiger partial charge in [-0.3, -0.25) is 4.79 Å². The number of rotatable bonds is 6. The topological polar surface area (TPSA) is 64.3 Å². The SMILES string of the molecule is COC(C)CNCC(C)C(N)=O. The van der Waals surface area contributed by atoms with Crippen molar-refractivity contribution in [3.05, 3.63) is 0 Å². The lowest BCUT2D eigenvalue weighted by Crippen LogP contribution is -2.34. The molecular formula is C8H18N2O2. The first-order chi connectivity index (χ1) is 5.57. The molecule has 0 spiro atoms. The van der Waals surface area contributed by atoms with Crippen LogP contribution in [-0.2, 0) is 9.53 Å². The zero-order valence-corrected chi connectivity index (χ0v) is 7.96. The quantitative estimate of drug-likeness (QED) is 0.582. The second-order valence-electron chi connectivity index (χ2n) is 3.01. The number of carbonyl (C=O) groups excluding carboxylic acids is 1. The first-order valence-electron chi connectivity index (χ1n) is 4.10. The number of nitrogens with two attached hydrogens (primary N) is 1. The molecule has 4 nitrogen and oxygen atoms in total. The highest BCUT2D eigenvalue weighted by Gasteiger charge is 2.07. The first-order valence-corrected chi connectivity index (χ1v) is 4.10. The molecule has 0 aromatic rings. The summed E-state index contributed by atoms with van der Waals surface area (Å²) >= 11 is 0. The fraction of sp³-hybridized carbons (Fsp3) is 0.875. The van der Waals surface area contributed by atoms with Crippen LogP contribution in [0.25, 0.3) is 0 Å². The second-order valence-corrected chi connectivity index (χ2v) is 3.01. The molecule has 1 amide bonds. The lowest BCUT2D eigenvalue weighted by molar-refractivity contribution is -0.121. The summed E-state index contributed by atoms with van der Waals surface area (Å²) in [5, 5.41) is 3.09. The number of primary amides is 1. The normalized spacial score (nSPS) is 15.6. The number of carbonyl (C=O) groups is 1. The molecule has 0 saturated carbocycles. The first kappa shape index (κ1) is 11.4. The summed E-state index contributed by atoms with van der Waals surface area (Å²) in [6.45, 7) is 5.12. The zero-order chi connectivity index (χ0) is 9.56. The predicted molar refractivity (Wildman–Crippen MR) is 47.7 cm³/mol. The molecule has 0 rings (SSSR count). The molecule has 0 radical (unpaired) electrons. The Kier molecular flexibility index (Phi) is 5.66. The molecule has 0 bridgehead atoms. The van der Waals surface area contributed by atoms with Crippen LogP contribution in [0.15, 0.2) is 0 Å². The Balaban J connectivity index is 3.37. The summed E-state index contributed by atoms with van der Waals surface area (Å²) in [5.41, 5.74) is 5.08. The molecule has 3 N–H and O–H groups in total. The highest BCUT2D eigenvalue weighted by atomic mass is 16.5. The minimum Gasteiger partial charge on any atom is -0.380 e. The van der Waals surface area contributed by atoms with Gasteiger partial charge in [-0.05, 0) is 6.92 Å². The number of hydrogen-bond acceptors (Lipinski definition) is 3. The third-order valence-corrected chi connectivity index (χ3v) is 1.77. The largest absolute Gasteiger partial charge is 0.380 e. The molecule has 0 fully saturated rings. The van der Waals surface area contributed by atoms with Gasteiger partial charge in [-0.1, -0.05) is 6.92 Å². The Bertz CT molecular complexity index is 139. The van der Waals surface area contributed by atoms with Crippen molar-refractivity contribution in [3.8, 4) is 0 Å². The predicted octanol–water partition coefficient (Wildman–Crippen LogP) is -0.268. The van der Waals surface area contributed by atoms with Gasteiger partial charge < -0.3 is 15.8 Å². The van der Waals surface area contributed by atoms with Gasteiger partial charge in [0.2, 0.25) is 5.91 Å². The molecule has 0 saturated heterocycles. The van der Waals surface area contributed by atoms with Crippen molar-refractivity contribution in [1.82, 2.24) is 5.32 Å². The van der Waals surface area contributed by atoms with E-state index in [0.717, 1.165) is 6.54 Å². The molecule has 12 heavy (non-hydrogen) atoms. The van der Waals surface area contributed by atoms with Gasteiger partial charge in [0.25, 0.3) is 0 Å². The molecule has 0 aromatic heterocycles. The van der Waals surface area contributed by atoms with E-state index in [0.29, 0.717) is 6.54 Å². The minimum absolute atomic E-state index is 0.117. The van der Waals surface area contributed by atoms with Crippen LogP contribution in [-0.4, -0.2) is 32.2 Å². The number of nitrogens with one attached hydrogen (secondary N) is 1. The van der Waals surface area contributed by atoms with Crippen LogP contribution in [0.4, 0.5) is 0 Å². The summed E-state index contributed by atoms with van der Waals surface area (Å²) in [4.78, 5) is 10.6. The maximum Gasteiger partial charge on any atom is 0.221 e. The maximum absolute atomic E-state index is 10.6. The van der Waals surface area contributed by atoms with E-state index in [1.807, 2.05) is 6.92 Å². The Hall–Kier alpha value is -0.610.